The first-order chi connectivity index (χ1) is 15.1. The summed E-state index contributed by atoms with van der Waals surface area (Å²) in [6.07, 6.45) is 13.9. The van der Waals surface area contributed by atoms with Crippen molar-refractivity contribution in [3.8, 4) is 5.75 Å². The lowest BCUT2D eigenvalue weighted by atomic mass is 9.44. The van der Waals surface area contributed by atoms with E-state index in [1.54, 1.807) is 0 Å². The maximum absolute atomic E-state index is 11.1. The van der Waals surface area contributed by atoms with Gasteiger partial charge in [-0.15, -0.1) is 6.58 Å². The molecule has 1 aromatic rings. The molecule has 2 saturated carbocycles. The molecule has 0 saturated heterocycles. The molecule has 3 heteroatoms. The molecule has 2 unspecified atom stereocenters. The third kappa shape index (κ3) is 4.16. The molecule has 0 amide bonds. The maximum Gasteiger partial charge on any atom is 0.115 e. The zero-order chi connectivity index (χ0) is 23.1. The summed E-state index contributed by atoms with van der Waals surface area (Å²) >= 11 is 0. The van der Waals surface area contributed by atoms with Crippen molar-refractivity contribution >= 4 is 0 Å². The van der Waals surface area contributed by atoms with Crippen LogP contribution < -0.4 is 0 Å². The fraction of sp³-hybridized carbons (Fsp3) is 0.724. The highest BCUT2D eigenvalue weighted by molar-refractivity contribution is 5.43. The van der Waals surface area contributed by atoms with Crippen molar-refractivity contribution in [2.24, 2.45) is 22.7 Å². The molecule has 0 heterocycles. The lowest BCUT2D eigenvalue weighted by molar-refractivity contribution is -0.0812. The number of phenols is 1. The van der Waals surface area contributed by atoms with Crippen LogP contribution in [0.4, 0.5) is 0 Å². The standard InChI is InChI=1S/C29H44O3/c1-5-29-17-15-20-18-22(30)11-12-23(20)26(29)21(10-8-6-7-9-16-27(2,3)32)19-28(4)24(29)13-14-25(28)31/h5,11-12,18,21,24-26,30-32H,1,6-10,13-17,19H2,2-4H3/t21?,24-,25+,26-,28+,29?/m1/s1. The molecular formula is C29H44O3. The molecule has 1 aromatic carbocycles. The number of aliphatic hydroxyl groups is 2. The van der Waals surface area contributed by atoms with Crippen molar-refractivity contribution in [2.45, 2.75) is 109 Å². The third-order valence-electron chi connectivity index (χ3n) is 9.47. The Kier molecular flexibility index (Phi) is 6.55. The molecular weight excluding hydrogens is 396 g/mol. The summed E-state index contributed by atoms with van der Waals surface area (Å²) in [7, 11) is 0. The normalized spacial score (nSPS) is 36.3. The minimum Gasteiger partial charge on any atom is -0.508 e. The summed E-state index contributed by atoms with van der Waals surface area (Å²) in [5.74, 6) is 1.82. The number of aryl methyl sites for hydroxylation is 1. The number of aromatic hydroxyl groups is 1. The zero-order valence-corrected chi connectivity index (χ0v) is 20.4. The Labute approximate surface area is 195 Å². The number of unbranched alkanes of at least 4 members (excludes halogenated alkanes) is 3. The summed E-state index contributed by atoms with van der Waals surface area (Å²) in [4.78, 5) is 0. The van der Waals surface area contributed by atoms with Gasteiger partial charge in [0.05, 0.1) is 11.7 Å². The van der Waals surface area contributed by atoms with Gasteiger partial charge in [0.2, 0.25) is 0 Å². The summed E-state index contributed by atoms with van der Waals surface area (Å²) in [6.45, 7) is 10.5. The van der Waals surface area contributed by atoms with E-state index >= 15 is 0 Å². The van der Waals surface area contributed by atoms with Crippen LogP contribution in [0.5, 0.6) is 5.75 Å². The Balaban J connectivity index is 1.58. The number of rotatable bonds is 8. The number of aliphatic hydroxyl groups excluding tert-OH is 1. The quantitative estimate of drug-likeness (QED) is 0.319. The molecule has 4 rings (SSSR count). The van der Waals surface area contributed by atoms with E-state index in [2.05, 4.69) is 25.6 Å². The molecule has 3 N–H and O–H groups in total. The van der Waals surface area contributed by atoms with Gasteiger partial charge in [0.1, 0.15) is 5.75 Å². The third-order valence-corrected chi connectivity index (χ3v) is 9.47. The molecule has 2 fully saturated rings. The van der Waals surface area contributed by atoms with E-state index in [1.807, 2.05) is 26.0 Å². The molecule has 32 heavy (non-hydrogen) atoms. The Morgan fingerprint density at radius 2 is 1.91 bits per heavy atom. The van der Waals surface area contributed by atoms with E-state index in [0.717, 1.165) is 44.9 Å². The fourth-order valence-electron chi connectivity index (χ4n) is 8.01. The van der Waals surface area contributed by atoms with Crippen LogP contribution in [-0.4, -0.2) is 27.0 Å². The number of hydrogen-bond acceptors (Lipinski definition) is 3. The second-order valence-electron chi connectivity index (χ2n) is 12.1. The van der Waals surface area contributed by atoms with Crippen LogP contribution in [0, 0.1) is 22.7 Å². The molecule has 0 aromatic heterocycles. The van der Waals surface area contributed by atoms with Crippen LogP contribution in [0.2, 0.25) is 0 Å². The second kappa shape index (κ2) is 8.80. The molecule has 178 valence electrons. The highest BCUT2D eigenvalue weighted by Gasteiger charge is 2.63. The SMILES string of the molecule is C=CC12CCc3cc(O)ccc3[C@H]1C(CCCCCCC(C)(C)O)C[C@]1(C)[C@@H](O)CC[C@@H]21. The van der Waals surface area contributed by atoms with Crippen molar-refractivity contribution in [1.82, 2.24) is 0 Å². The monoisotopic (exact) mass is 440 g/mol. The fourth-order valence-corrected chi connectivity index (χ4v) is 8.01. The average Bonchev–Trinajstić information content (AvgIpc) is 3.04. The van der Waals surface area contributed by atoms with Gasteiger partial charge in [-0.05, 0) is 111 Å². The van der Waals surface area contributed by atoms with Crippen LogP contribution in [0.3, 0.4) is 0 Å². The van der Waals surface area contributed by atoms with Crippen LogP contribution in [0.1, 0.15) is 102 Å². The molecule has 3 aliphatic carbocycles. The molecule has 3 aliphatic rings. The second-order valence-corrected chi connectivity index (χ2v) is 12.1. The van der Waals surface area contributed by atoms with E-state index < -0.39 is 5.60 Å². The van der Waals surface area contributed by atoms with Crippen LogP contribution in [0.15, 0.2) is 30.9 Å². The first-order valence-electron chi connectivity index (χ1n) is 13.0. The van der Waals surface area contributed by atoms with Gasteiger partial charge in [0, 0.05) is 0 Å². The molecule has 0 radical (unpaired) electrons. The summed E-state index contributed by atoms with van der Waals surface area (Å²) < 4.78 is 0. The number of hydrogen-bond donors (Lipinski definition) is 3. The first kappa shape index (κ1) is 23.8. The summed E-state index contributed by atoms with van der Waals surface area (Å²) in [6, 6.07) is 6.02. The number of benzene rings is 1. The predicted octanol–water partition coefficient (Wildman–Crippen LogP) is 6.50. The topological polar surface area (TPSA) is 60.7 Å². The van der Waals surface area contributed by atoms with Gasteiger partial charge in [-0.3, -0.25) is 0 Å². The highest BCUT2D eigenvalue weighted by atomic mass is 16.3. The molecule has 6 atom stereocenters. The lowest BCUT2D eigenvalue weighted by Gasteiger charge is -2.60. The first-order valence-corrected chi connectivity index (χ1v) is 13.0. The van der Waals surface area contributed by atoms with E-state index in [0.29, 0.717) is 23.5 Å². The number of phenolic OH excluding ortho intramolecular Hbond substituents is 1. The van der Waals surface area contributed by atoms with E-state index in [4.69, 9.17) is 0 Å². The van der Waals surface area contributed by atoms with Gasteiger partial charge in [-0.2, -0.15) is 0 Å². The molecule has 0 bridgehead atoms. The summed E-state index contributed by atoms with van der Waals surface area (Å²) in [5, 5.41) is 31.1. The zero-order valence-electron chi connectivity index (χ0n) is 20.4. The van der Waals surface area contributed by atoms with Crippen LogP contribution >= 0.6 is 0 Å². The molecule has 0 aliphatic heterocycles. The molecule has 3 nitrogen and oxygen atoms in total. The van der Waals surface area contributed by atoms with Crippen molar-refractivity contribution in [1.29, 1.82) is 0 Å². The van der Waals surface area contributed by atoms with Crippen LogP contribution in [-0.2, 0) is 6.42 Å². The number of fused-ring (bicyclic) bond motifs is 5. The van der Waals surface area contributed by atoms with Crippen molar-refractivity contribution in [3.63, 3.8) is 0 Å². The van der Waals surface area contributed by atoms with Gasteiger partial charge < -0.3 is 15.3 Å². The predicted molar refractivity (Wildman–Crippen MR) is 131 cm³/mol. The Hall–Kier alpha value is -1.32. The van der Waals surface area contributed by atoms with Gasteiger partial charge in [0.15, 0.2) is 0 Å². The maximum atomic E-state index is 11.1. The van der Waals surface area contributed by atoms with Crippen molar-refractivity contribution < 1.29 is 15.3 Å². The van der Waals surface area contributed by atoms with Gasteiger partial charge in [-0.25, -0.2) is 0 Å². The smallest absolute Gasteiger partial charge is 0.115 e. The Morgan fingerprint density at radius 1 is 1.16 bits per heavy atom. The van der Waals surface area contributed by atoms with Crippen molar-refractivity contribution in [3.05, 3.63) is 42.0 Å². The van der Waals surface area contributed by atoms with Crippen molar-refractivity contribution in [2.75, 3.05) is 0 Å². The molecule has 0 spiro atoms. The van der Waals surface area contributed by atoms with Gasteiger partial charge in [0.25, 0.3) is 0 Å². The largest absolute Gasteiger partial charge is 0.508 e. The highest BCUT2D eigenvalue weighted by Crippen LogP contribution is 2.69. The van der Waals surface area contributed by atoms with E-state index in [-0.39, 0.29) is 16.9 Å². The van der Waals surface area contributed by atoms with E-state index in [1.165, 1.54) is 36.8 Å². The summed E-state index contributed by atoms with van der Waals surface area (Å²) in [5.41, 5.74) is 2.19. The lowest BCUT2D eigenvalue weighted by Crippen LogP contribution is -2.54. The van der Waals surface area contributed by atoms with Gasteiger partial charge in [-0.1, -0.05) is 44.7 Å². The minimum atomic E-state index is -0.563. The number of allylic oxidation sites excluding steroid dienone is 1. The average molecular weight is 441 g/mol. The van der Waals surface area contributed by atoms with E-state index in [9.17, 15) is 15.3 Å². The minimum absolute atomic E-state index is 0.0231. The van der Waals surface area contributed by atoms with Crippen LogP contribution in [0.25, 0.3) is 0 Å². The Morgan fingerprint density at radius 3 is 2.62 bits per heavy atom. The Bertz CT molecular complexity index is 824. The van der Waals surface area contributed by atoms with Gasteiger partial charge >= 0.3 is 0 Å².